The summed E-state index contributed by atoms with van der Waals surface area (Å²) in [6.07, 6.45) is 1.07. The van der Waals surface area contributed by atoms with Crippen LogP contribution in [-0.4, -0.2) is 29.7 Å². The van der Waals surface area contributed by atoms with Gasteiger partial charge in [0.2, 0.25) is 0 Å². The van der Waals surface area contributed by atoms with Crippen LogP contribution in [0.1, 0.15) is 12.5 Å². The van der Waals surface area contributed by atoms with Crippen LogP contribution < -0.4 is 5.32 Å². The number of methoxy groups -OCH3 is 1. The third-order valence-electron chi connectivity index (χ3n) is 2.16. The molecule has 0 aliphatic rings. The number of hydrogen-bond donors (Lipinski definition) is 1. The Bertz CT molecular complexity index is 455. The largest absolute Gasteiger partial charge is 0.380 e. The molecule has 1 rings (SSSR count). The molecule has 0 amide bonds. The second kappa shape index (κ2) is 5.77. The summed E-state index contributed by atoms with van der Waals surface area (Å²) in [6, 6.07) is 3.05. The van der Waals surface area contributed by atoms with E-state index in [1.165, 1.54) is 6.07 Å². The number of nitriles is 1. The maximum atomic E-state index is 10.5. The highest BCUT2D eigenvalue weighted by atomic mass is 16.6. The van der Waals surface area contributed by atoms with Crippen LogP contribution in [0.2, 0.25) is 0 Å². The molecule has 7 nitrogen and oxygen atoms in total. The number of anilines is 1. The minimum Gasteiger partial charge on any atom is -0.380 e. The summed E-state index contributed by atoms with van der Waals surface area (Å²) in [5.74, 6) is 0.321. The van der Waals surface area contributed by atoms with Gasteiger partial charge >= 0.3 is 0 Å². The third kappa shape index (κ3) is 3.39. The fourth-order valence-electron chi connectivity index (χ4n) is 1.10. The van der Waals surface area contributed by atoms with Crippen LogP contribution >= 0.6 is 0 Å². The Kier molecular flexibility index (Phi) is 4.37. The van der Waals surface area contributed by atoms with Crippen molar-refractivity contribution in [1.82, 2.24) is 4.98 Å². The molecule has 7 heteroatoms. The average Bonchev–Trinajstić information content (AvgIpc) is 2.35. The molecule has 1 N–H and O–H groups in total. The predicted octanol–water partition coefficient (Wildman–Crippen LogP) is 1.31. The van der Waals surface area contributed by atoms with E-state index < -0.39 is 4.92 Å². The summed E-state index contributed by atoms with van der Waals surface area (Å²) in [5.41, 5.74) is -0.0607. The van der Waals surface area contributed by atoms with E-state index in [-0.39, 0.29) is 17.4 Å². The van der Waals surface area contributed by atoms with Gasteiger partial charge in [-0.3, -0.25) is 10.1 Å². The van der Waals surface area contributed by atoms with E-state index in [0.29, 0.717) is 12.4 Å². The molecule has 1 unspecified atom stereocenters. The summed E-state index contributed by atoms with van der Waals surface area (Å²) >= 11 is 0. The van der Waals surface area contributed by atoms with Crippen LogP contribution in [0.4, 0.5) is 11.5 Å². The van der Waals surface area contributed by atoms with Crippen molar-refractivity contribution in [1.29, 1.82) is 5.26 Å². The van der Waals surface area contributed by atoms with Crippen molar-refractivity contribution in [2.75, 3.05) is 19.0 Å². The van der Waals surface area contributed by atoms with Crippen LogP contribution in [0, 0.1) is 21.4 Å². The Morgan fingerprint density at radius 2 is 2.47 bits per heavy atom. The normalized spacial score (nSPS) is 11.6. The van der Waals surface area contributed by atoms with E-state index in [1.807, 2.05) is 13.0 Å². The van der Waals surface area contributed by atoms with E-state index in [0.717, 1.165) is 6.20 Å². The number of nitro groups is 1. The Morgan fingerprint density at radius 1 is 1.76 bits per heavy atom. The number of nitrogens with zero attached hydrogens (tertiary/aromatic N) is 3. The fraction of sp³-hybridized carbons (Fsp3) is 0.400. The molecule has 0 aliphatic carbocycles. The number of ether oxygens (including phenoxy) is 1. The second-order valence-corrected chi connectivity index (χ2v) is 3.39. The molecule has 0 aliphatic heterocycles. The lowest BCUT2D eigenvalue weighted by molar-refractivity contribution is -0.385. The number of aromatic nitrogens is 1. The number of pyridine rings is 1. The molecule has 0 radical (unpaired) electrons. The number of rotatable bonds is 5. The first-order chi connectivity index (χ1) is 8.08. The van der Waals surface area contributed by atoms with Crippen molar-refractivity contribution in [3.05, 3.63) is 27.9 Å². The smallest absolute Gasteiger partial charge is 0.289 e. The summed E-state index contributed by atoms with van der Waals surface area (Å²) in [5, 5.41) is 22.3. The van der Waals surface area contributed by atoms with Crippen LogP contribution in [0.15, 0.2) is 12.3 Å². The summed E-state index contributed by atoms with van der Waals surface area (Å²) in [4.78, 5) is 13.8. The SMILES string of the molecule is COC(C)CNc1ncc([N+](=O)[O-])cc1C#N. The van der Waals surface area contributed by atoms with Crippen molar-refractivity contribution in [3.63, 3.8) is 0 Å². The molecule has 90 valence electrons. The van der Waals surface area contributed by atoms with E-state index in [9.17, 15) is 10.1 Å². The van der Waals surface area contributed by atoms with Crippen LogP contribution in [-0.2, 0) is 4.74 Å². The average molecular weight is 236 g/mol. The molecule has 0 bridgehead atoms. The minimum absolute atomic E-state index is 0.0430. The fourth-order valence-corrected chi connectivity index (χ4v) is 1.10. The summed E-state index contributed by atoms with van der Waals surface area (Å²) in [7, 11) is 1.57. The van der Waals surface area contributed by atoms with Crippen molar-refractivity contribution < 1.29 is 9.66 Å². The molecular weight excluding hydrogens is 224 g/mol. The Labute approximate surface area is 98.2 Å². The lowest BCUT2D eigenvalue weighted by atomic mass is 10.2. The lowest BCUT2D eigenvalue weighted by Crippen LogP contribution is -2.19. The highest BCUT2D eigenvalue weighted by Gasteiger charge is 2.12. The maximum Gasteiger partial charge on any atom is 0.289 e. The Hall–Kier alpha value is -2.20. The van der Waals surface area contributed by atoms with Gasteiger partial charge in [0.25, 0.3) is 5.69 Å². The molecule has 0 fully saturated rings. The van der Waals surface area contributed by atoms with Gasteiger partial charge in [-0.1, -0.05) is 0 Å². The highest BCUT2D eigenvalue weighted by molar-refractivity contribution is 5.55. The van der Waals surface area contributed by atoms with Gasteiger partial charge in [0.05, 0.1) is 11.0 Å². The summed E-state index contributed by atoms with van der Waals surface area (Å²) < 4.78 is 5.03. The van der Waals surface area contributed by atoms with Crippen molar-refractivity contribution >= 4 is 11.5 Å². The number of hydrogen-bond acceptors (Lipinski definition) is 6. The first kappa shape index (κ1) is 12.9. The first-order valence-electron chi connectivity index (χ1n) is 4.89. The van der Waals surface area contributed by atoms with Crippen molar-refractivity contribution in [2.45, 2.75) is 13.0 Å². The lowest BCUT2D eigenvalue weighted by Gasteiger charge is -2.11. The van der Waals surface area contributed by atoms with Crippen LogP contribution in [0.3, 0.4) is 0 Å². The van der Waals surface area contributed by atoms with Gasteiger partial charge in [-0.05, 0) is 6.92 Å². The predicted molar refractivity (Wildman–Crippen MR) is 60.6 cm³/mol. The first-order valence-corrected chi connectivity index (χ1v) is 4.89. The van der Waals surface area contributed by atoms with Crippen LogP contribution in [0.5, 0.6) is 0 Å². The molecule has 1 aromatic heterocycles. The molecule has 0 aromatic carbocycles. The third-order valence-corrected chi connectivity index (χ3v) is 2.16. The van der Waals surface area contributed by atoms with Crippen LogP contribution in [0.25, 0.3) is 0 Å². The standard InChI is InChI=1S/C10H12N4O3/c1-7(17-2)5-12-10-8(4-11)3-9(6-13-10)14(15)16/h3,6-7H,5H2,1-2H3,(H,12,13). The summed E-state index contributed by atoms with van der Waals surface area (Å²) in [6.45, 7) is 2.32. The molecule has 0 saturated carbocycles. The second-order valence-electron chi connectivity index (χ2n) is 3.39. The van der Waals surface area contributed by atoms with Gasteiger partial charge in [0, 0.05) is 19.7 Å². The van der Waals surface area contributed by atoms with Gasteiger partial charge in [0.1, 0.15) is 23.6 Å². The zero-order valence-corrected chi connectivity index (χ0v) is 9.51. The van der Waals surface area contributed by atoms with Gasteiger partial charge in [-0.25, -0.2) is 4.98 Å². The molecule has 1 aromatic rings. The molecule has 1 atom stereocenters. The van der Waals surface area contributed by atoms with E-state index in [4.69, 9.17) is 10.00 Å². The Balaban J connectivity index is 2.87. The van der Waals surface area contributed by atoms with E-state index in [1.54, 1.807) is 7.11 Å². The molecule has 0 saturated heterocycles. The number of nitrogens with one attached hydrogen (secondary N) is 1. The van der Waals surface area contributed by atoms with Gasteiger partial charge in [-0.15, -0.1) is 0 Å². The topological polar surface area (TPSA) is 101 Å². The van der Waals surface area contributed by atoms with Gasteiger partial charge in [0.15, 0.2) is 0 Å². The molecular formula is C10H12N4O3. The minimum atomic E-state index is -0.588. The van der Waals surface area contributed by atoms with Gasteiger partial charge in [-0.2, -0.15) is 5.26 Å². The van der Waals surface area contributed by atoms with Crippen molar-refractivity contribution in [3.8, 4) is 6.07 Å². The molecule has 1 heterocycles. The monoisotopic (exact) mass is 236 g/mol. The molecule has 17 heavy (non-hydrogen) atoms. The zero-order chi connectivity index (χ0) is 12.8. The van der Waals surface area contributed by atoms with Gasteiger partial charge < -0.3 is 10.1 Å². The highest BCUT2D eigenvalue weighted by Crippen LogP contribution is 2.18. The van der Waals surface area contributed by atoms with Crippen molar-refractivity contribution in [2.24, 2.45) is 0 Å². The Morgan fingerprint density at radius 3 is 3.00 bits per heavy atom. The quantitative estimate of drug-likeness (QED) is 0.610. The van der Waals surface area contributed by atoms with E-state index >= 15 is 0 Å². The maximum absolute atomic E-state index is 10.5. The molecule has 0 spiro atoms. The zero-order valence-electron chi connectivity index (χ0n) is 9.51. The van der Waals surface area contributed by atoms with E-state index in [2.05, 4.69) is 10.3 Å².